The number of hydrogen-bond donors (Lipinski definition) is 2. The number of fused-ring (bicyclic) bond motifs is 2. The number of hydrogen-bond acceptors (Lipinski definition) is 4. The van der Waals surface area contributed by atoms with Crippen molar-refractivity contribution in [2.75, 3.05) is 20.3 Å². The van der Waals surface area contributed by atoms with Gasteiger partial charge in [-0.2, -0.15) is 0 Å². The molecule has 4 atom stereocenters. The number of nitrogens with two attached hydrogens (primary N) is 1. The quantitative estimate of drug-likeness (QED) is 0.737. The second-order valence-corrected chi connectivity index (χ2v) is 6.61. The SMILES string of the molecule is COc1cccc(OCCCNC(=O)C2C3CCC(C3)C2N)c1.Cl. The van der Waals surface area contributed by atoms with E-state index in [4.69, 9.17) is 15.2 Å². The van der Waals surface area contributed by atoms with Crippen LogP contribution in [0.3, 0.4) is 0 Å². The minimum Gasteiger partial charge on any atom is -0.497 e. The molecule has 3 N–H and O–H groups in total. The molecule has 1 aromatic rings. The van der Waals surface area contributed by atoms with Gasteiger partial charge in [-0.15, -0.1) is 12.4 Å². The molecule has 2 fully saturated rings. The molecule has 2 saturated carbocycles. The van der Waals surface area contributed by atoms with Crippen LogP contribution in [-0.4, -0.2) is 32.2 Å². The smallest absolute Gasteiger partial charge is 0.224 e. The summed E-state index contributed by atoms with van der Waals surface area (Å²) in [7, 11) is 1.63. The Hall–Kier alpha value is -1.46. The van der Waals surface area contributed by atoms with Gasteiger partial charge < -0.3 is 20.5 Å². The van der Waals surface area contributed by atoms with Crippen LogP contribution < -0.4 is 20.5 Å². The highest BCUT2D eigenvalue weighted by molar-refractivity contribution is 5.85. The molecule has 4 unspecified atom stereocenters. The fraction of sp³-hybridized carbons (Fsp3) is 0.611. The number of halogens is 1. The molecule has 5 nitrogen and oxygen atoms in total. The van der Waals surface area contributed by atoms with Crippen LogP contribution in [0.2, 0.25) is 0 Å². The molecular formula is C18H27ClN2O3. The third kappa shape index (κ3) is 4.14. The van der Waals surface area contributed by atoms with Gasteiger partial charge in [0.15, 0.2) is 0 Å². The van der Waals surface area contributed by atoms with E-state index in [1.807, 2.05) is 24.3 Å². The van der Waals surface area contributed by atoms with Crippen molar-refractivity contribution in [1.29, 1.82) is 0 Å². The van der Waals surface area contributed by atoms with Crippen LogP contribution in [0.1, 0.15) is 25.7 Å². The van der Waals surface area contributed by atoms with E-state index in [2.05, 4.69) is 5.32 Å². The molecule has 0 aromatic heterocycles. The fourth-order valence-electron chi connectivity index (χ4n) is 4.01. The highest BCUT2D eigenvalue weighted by atomic mass is 35.5. The average Bonchev–Trinajstić information content (AvgIpc) is 3.15. The fourth-order valence-corrected chi connectivity index (χ4v) is 4.01. The summed E-state index contributed by atoms with van der Waals surface area (Å²) >= 11 is 0. The molecule has 24 heavy (non-hydrogen) atoms. The van der Waals surface area contributed by atoms with E-state index >= 15 is 0 Å². The number of ether oxygens (including phenoxy) is 2. The van der Waals surface area contributed by atoms with Crippen molar-refractivity contribution in [3.05, 3.63) is 24.3 Å². The maximum Gasteiger partial charge on any atom is 0.224 e. The topological polar surface area (TPSA) is 73.6 Å². The first-order valence-electron chi connectivity index (χ1n) is 8.49. The zero-order valence-electron chi connectivity index (χ0n) is 14.1. The summed E-state index contributed by atoms with van der Waals surface area (Å²) in [5.74, 6) is 2.78. The number of carbonyl (C=O) groups is 1. The summed E-state index contributed by atoms with van der Waals surface area (Å²) in [4.78, 5) is 12.3. The monoisotopic (exact) mass is 354 g/mol. The van der Waals surface area contributed by atoms with Crippen LogP contribution in [0.15, 0.2) is 24.3 Å². The number of amides is 1. The Balaban J connectivity index is 0.00000208. The van der Waals surface area contributed by atoms with Crippen LogP contribution >= 0.6 is 12.4 Å². The maximum absolute atomic E-state index is 12.3. The summed E-state index contributed by atoms with van der Waals surface area (Å²) in [6.45, 7) is 1.19. The van der Waals surface area contributed by atoms with E-state index in [-0.39, 0.29) is 30.3 Å². The number of nitrogens with one attached hydrogen (secondary N) is 1. The van der Waals surface area contributed by atoms with E-state index in [1.54, 1.807) is 7.11 Å². The zero-order chi connectivity index (χ0) is 16.2. The highest BCUT2D eigenvalue weighted by Crippen LogP contribution is 2.47. The molecule has 0 radical (unpaired) electrons. The molecule has 0 spiro atoms. The number of methoxy groups -OCH3 is 1. The van der Waals surface area contributed by atoms with Crippen LogP contribution in [0.4, 0.5) is 0 Å². The van der Waals surface area contributed by atoms with Crippen LogP contribution in [0.5, 0.6) is 11.5 Å². The van der Waals surface area contributed by atoms with Crippen molar-refractivity contribution in [3.8, 4) is 11.5 Å². The van der Waals surface area contributed by atoms with Crippen molar-refractivity contribution < 1.29 is 14.3 Å². The third-order valence-corrected chi connectivity index (χ3v) is 5.21. The van der Waals surface area contributed by atoms with Crippen LogP contribution in [-0.2, 0) is 4.79 Å². The van der Waals surface area contributed by atoms with Gasteiger partial charge in [-0.3, -0.25) is 4.79 Å². The Kier molecular flexibility index (Phi) is 6.75. The predicted octanol–water partition coefficient (Wildman–Crippen LogP) is 2.38. The molecule has 134 valence electrons. The lowest BCUT2D eigenvalue weighted by Gasteiger charge is -2.27. The molecule has 1 amide bonds. The summed E-state index contributed by atoms with van der Waals surface area (Å²) in [5.41, 5.74) is 6.20. The lowest BCUT2D eigenvalue weighted by molar-refractivity contribution is -0.127. The molecule has 0 heterocycles. The minimum absolute atomic E-state index is 0. The molecule has 1 aromatic carbocycles. The average molecular weight is 355 g/mol. The Bertz CT molecular complexity index is 553. The Morgan fingerprint density at radius 1 is 1.29 bits per heavy atom. The molecule has 2 aliphatic rings. The molecule has 0 aliphatic heterocycles. The maximum atomic E-state index is 12.3. The van der Waals surface area contributed by atoms with Gasteiger partial charge in [-0.1, -0.05) is 6.07 Å². The molecule has 3 rings (SSSR count). The third-order valence-electron chi connectivity index (χ3n) is 5.21. The summed E-state index contributed by atoms with van der Waals surface area (Å²) in [6.07, 6.45) is 4.27. The Morgan fingerprint density at radius 3 is 2.75 bits per heavy atom. The number of benzene rings is 1. The normalized spacial score (nSPS) is 27.4. The molecule has 6 heteroatoms. The first-order valence-corrected chi connectivity index (χ1v) is 8.49. The van der Waals surface area contributed by atoms with Crippen LogP contribution in [0, 0.1) is 17.8 Å². The minimum atomic E-state index is 0. The predicted molar refractivity (Wildman–Crippen MR) is 95.7 cm³/mol. The Labute approximate surface area is 149 Å². The summed E-state index contributed by atoms with van der Waals surface area (Å²) < 4.78 is 10.8. The lowest BCUT2D eigenvalue weighted by atomic mass is 9.84. The first-order chi connectivity index (χ1) is 11.2. The van der Waals surface area contributed by atoms with Gasteiger partial charge in [-0.05, 0) is 49.7 Å². The van der Waals surface area contributed by atoms with E-state index < -0.39 is 0 Å². The van der Waals surface area contributed by atoms with Gasteiger partial charge in [0.1, 0.15) is 11.5 Å². The van der Waals surface area contributed by atoms with E-state index in [0.29, 0.717) is 25.0 Å². The number of carbonyl (C=O) groups excluding carboxylic acids is 1. The van der Waals surface area contributed by atoms with Crippen LogP contribution in [0.25, 0.3) is 0 Å². The number of rotatable bonds is 7. The highest BCUT2D eigenvalue weighted by Gasteiger charge is 2.48. The molecule has 2 aliphatic carbocycles. The van der Waals surface area contributed by atoms with Crippen molar-refractivity contribution in [2.24, 2.45) is 23.5 Å². The van der Waals surface area contributed by atoms with Gasteiger partial charge in [-0.25, -0.2) is 0 Å². The van der Waals surface area contributed by atoms with Gasteiger partial charge in [0.2, 0.25) is 5.91 Å². The van der Waals surface area contributed by atoms with E-state index in [0.717, 1.165) is 30.8 Å². The van der Waals surface area contributed by atoms with Crippen molar-refractivity contribution in [2.45, 2.75) is 31.7 Å². The lowest BCUT2D eigenvalue weighted by Crippen LogP contribution is -2.45. The molecule has 2 bridgehead atoms. The second kappa shape index (κ2) is 8.58. The second-order valence-electron chi connectivity index (χ2n) is 6.61. The van der Waals surface area contributed by atoms with E-state index in [1.165, 1.54) is 6.42 Å². The van der Waals surface area contributed by atoms with Gasteiger partial charge >= 0.3 is 0 Å². The summed E-state index contributed by atoms with van der Waals surface area (Å²) in [6, 6.07) is 7.59. The van der Waals surface area contributed by atoms with Gasteiger partial charge in [0.25, 0.3) is 0 Å². The summed E-state index contributed by atoms with van der Waals surface area (Å²) in [5, 5.41) is 3.03. The Morgan fingerprint density at radius 2 is 2.04 bits per heavy atom. The standard InChI is InChI=1S/C18H26N2O3.ClH/c1-22-14-4-2-5-15(11-14)23-9-3-8-20-18(21)16-12-6-7-13(10-12)17(16)19;/h2,4-5,11-13,16-17H,3,6-10,19H2,1H3,(H,20,21);1H. The van der Waals surface area contributed by atoms with E-state index in [9.17, 15) is 4.79 Å². The van der Waals surface area contributed by atoms with Gasteiger partial charge in [0, 0.05) is 18.7 Å². The van der Waals surface area contributed by atoms with Crippen molar-refractivity contribution in [1.82, 2.24) is 5.32 Å². The van der Waals surface area contributed by atoms with Crippen molar-refractivity contribution >= 4 is 18.3 Å². The van der Waals surface area contributed by atoms with Crippen molar-refractivity contribution in [3.63, 3.8) is 0 Å². The van der Waals surface area contributed by atoms with Gasteiger partial charge in [0.05, 0.1) is 19.6 Å². The largest absolute Gasteiger partial charge is 0.497 e. The molecular weight excluding hydrogens is 328 g/mol. The first kappa shape index (κ1) is 18.9. The molecule has 0 saturated heterocycles. The zero-order valence-corrected chi connectivity index (χ0v) is 14.9.